The molecule has 2 N–H and O–H groups in total. The largest absolute Gasteiger partial charge is 0.492 e. The molecule has 2 rings (SSSR count). The highest BCUT2D eigenvalue weighted by atomic mass is 19.4. The lowest BCUT2D eigenvalue weighted by Crippen LogP contribution is -2.39. The van der Waals surface area contributed by atoms with E-state index in [9.17, 15) is 13.2 Å². The maximum absolute atomic E-state index is 12.6. The van der Waals surface area contributed by atoms with E-state index in [1.165, 1.54) is 18.5 Å². The minimum absolute atomic E-state index is 0.165. The van der Waals surface area contributed by atoms with E-state index in [-0.39, 0.29) is 12.4 Å². The first kappa shape index (κ1) is 18.6. The molecule has 0 aliphatic carbocycles. The maximum Gasteiger partial charge on any atom is 0.416 e. The van der Waals surface area contributed by atoms with Gasteiger partial charge in [0.2, 0.25) is 0 Å². The number of alkyl halides is 3. The Kier molecular flexibility index (Phi) is 6.20. The average Bonchev–Trinajstić information content (AvgIpc) is 2.99. The second-order valence-corrected chi connectivity index (χ2v) is 5.03. The van der Waals surface area contributed by atoms with Gasteiger partial charge < -0.3 is 15.4 Å². The third kappa shape index (κ3) is 5.66. The highest BCUT2D eigenvalue weighted by molar-refractivity contribution is 5.79. The first-order valence-electron chi connectivity index (χ1n) is 7.47. The van der Waals surface area contributed by atoms with Crippen LogP contribution in [0.1, 0.15) is 11.4 Å². The van der Waals surface area contributed by atoms with Crippen LogP contribution in [0.15, 0.2) is 35.6 Å². The van der Waals surface area contributed by atoms with Gasteiger partial charge in [0, 0.05) is 14.1 Å². The molecular formula is C15H19F3N6O. The summed E-state index contributed by atoms with van der Waals surface area (Å²) in [5.41, 5.74) is -0.737. The molecule has 2 aromatic rings. The lowest BCUT2D eigenvalue weighted by Gasteiger charge is -2.13. The van der Waals surface area contributed by atoms with Crippen molar-refractivity contribution < 1.29 is 17.9 Å². The van der Waals surface area contributed by atoms with Gasteiger partial charge in [-0.2, -0.15) is 18.3 Å². The molecular weight excluding hydrogens is 337 g/mol. The van der Waals surface area contributed by atoms with E-state index in [1.54, 1.807) is 18.8 Å². The number of hydrogen-bond donors (Lipinski definition) is 2. The monoisotopic (exact) mass is 356 g/mol. The maximum atomic E-state index is 12.6. The summed E-state index contributed by atoms with van der Waals surface area (Å²) in [4.78, 5) is 8.12. The Balaban J connectivity index is 1.75. The molecule has 0 radical (unpaired) electrons. The van der Waals surface area contributed by atoms with E-state index in [0.717, 1.165) is 18.0 Å². The summed E-state index contributed by atoms with van der Waals surface area (Å²) in [7, 11) is 3.39. The molecule has 1 heterocycles. The summed E-state index contributed by atoms with van der Waals surface area (Å²) in [5.74, 6) is 1.43. The Labute approximate surface area is 142 Å². The second kappa shape index (κ2) is 8.36. The molecule has 0 unspecified atom stereocenters. The summed E-state index contributed by atoms with van der Waals surface area (Å²) in [6.45, 7) is 0.991. The number of aliphatic imine (C=N–C) groups is 1. The Bertz CT molecular complexity index is 713. The van der Waals surface area contributed by atoms with Gasteiger partial charge in [-0.3, -0.25) is 9.67 Å². The molecule has 10 heteroatoms. The fourth-order valence-electron chi connectivity index (χ4n) is 1.96. The minimum Gasteiger partial charge on any atom is -0.492 e. The van der Waals surface area contributed by atoms with Crippen LogP contribution >= 0.6 is 0 Å². The summed E-state index contributed by atoms with van der Waals surface area (Å²) < 4.78 is 44.9. The van der Waals surface area contributed by atoms with Crippen molar-refractivity contribution in [3.8, 4) is 5.75 Å². The molecule has 1 aromatic carbocycles. The van der Waals surface area contributed by atoms with Crippen LogP contribution in [0.5, 0.6) is 5.75 Å². The number of guanidine groups is 1. The average molecular weight is 356 g/mol. The number of benzene rings is 1. The molecule has 0 fully saturated rings. The van der Waals surface area contributed by atoms with Crippen molar-refractivity contribution in [1.82, 2.24) is 25.4 Å². The molecule has 0 saturated carbocycles. The summed E-state index contributed by atoms with van der Waals surface area (Å²) in [5, 5.41) is 10.0. The van der Waals surface area contributed by atoms with Gasteiger partial charge in [0.15, 0.2) is 5.96 Å². The fraction of sp³-hybridized carbons (Fsp3) is 0.400. The molecule has 25 heavy (non-hydrogen) atoms. The van der Waals surface area contributed by atoms with E-state index in [2.05, 4.69) is 25.7 Å². The second-order valence-electron chi connectivity index (χ2n) is 5.03. The Morgan fingerprint density at radius 2 is 2.12 bits per heavy atom. The Hall–Kier alpha value is -2.78. The van der Waals surface area contributed by atoms with Crippen LogP contribution in [0.3, 0.4) is 0 Å². The van der Waals surface area contributed by atoms with Gasteiger partial charge in [0.05, 0.1) is 18.7 Å². The van der Waals surface area contributed by atoms with Crippen molar-refractivity contribution in [3.05, 3.63) is 42.0 Å². The quantitative estimate of drug-likeness (QED) is 0.467. The Morgan fingerprint density at radius 3 is 2.76 bits per heavy atom. The minimum atomic E-state index is -4.39. The van der Waals surface area contributed by atoms with Gasteiger partial charge in [0.25, 0.3) is 0 Å². The topological polar surface area (TPSA) is 76.4 Å². The van der Waals surface area contributed by atoms with Crippen LogP contribution in [-0.2, 0) is 19.8 Å². The van der Waals surface area contributed by atoms with Gasteiger partial charge in [0.1, 0.15) is 24.5 Å². The number of nitrogens with zero attached hydrogens (tertiary/aromatic N) is 4. The number of ether oxygens (including phenoxy) is 1. The number of halogens is 3. The van der Waals surface area contributed by atoms with Crippen LogP contribution in [0, 0.1) is 0 Å². The zero-order valence-corrected chi connectivity index (χ0v) is 13.8. The van der Waals surface area contributed by atoms with Crippen LogP contribution in [0.2, 0.25) is 0 Å². The predicted molar refractivity (Wildman–Crippen MR) is 86.1 cm³/mol. The zero-order valence-electron chi connectivity index (χ0n) is 13.8. The lowest BCUT2D eigenvalue weighted by molar-refractivity contribution is -0.137. The molecule has 7 nitrogen and oxygen atoms in total. The molecule has 0 atom stereocenters. The number of aromatic nitrogens is 3. The number of rotatable bonds is 6. The highest BCUT2D eigenvalue weighted by Crippen LogP contribution is 2.31. The first-order valence-corrected chi connectivity index (χ1v) is 7.47. The number of aryl methyl sites for hydroxylation is 1. The van der Waals surface area contributed by atoms with E-state index in [4.69, 9.17) is 4.74 Å². The molecule has 1 aromatic heterocycles. The lowest BCUT2D eigenvalue weighted by atomic mass is 10.2. The first-order chi connectivity index (χ1) is 11.9. The van der Waals surface area contributed by atoms with Crippen molar-refractivity contribution in [2.45, 2.75) is 12.7 Å². The number of hydrogen-bond acceptors (Lipinski definition) is 4. The van der Waals surface area contributed by atoms with Gasteiger partial charge >= 0.3 is 6.18 Å². The number of nitrogens with one attached hydrogen (secondary N) is 2. The van der Waals surface area contributed by atoms with E-state index in [1.807, 2.05) is 0 Å². The molecule has 0 saturated heterocycles. The van der Waals surface area contributed by atoms with Crippen molar-refractivity contribution in [3.63, 3.8) is 0 Å². The van der Waals surface area contributed by atoms with Gasteiger partial charge in [-0.1, -0.05) is 6.07 Å². The van der Waals surface area contributed by atoms with Crippen LogP contribution < -0.4 is 15.4 Å². The van der Waals surface area contributed by atoms with Crippen molar-refractivity contribution >= 4 is 5.96 Å². The predicted octanol–water partition coefficient (Wildman–Crippen LogP) is 1.58. The van der Waals surface area contributed by atoms with Crippen LogP contribution in [0.4, 0.5) is 13.2 Å². The zero-order chi connectivity index (χ0) is 18.3. The molecule has 0 amide bonds. The summed E-state index contributed by atoms with van der Waals surface area (Å²) >= 11 is 0. The van der Waals surface area contributed by atoms with Crippen molar-refractivity contribution in [2.75, 3.05) is 20.2 Å². The highest BCUT2D eigenvalue weighted by Gasteiger charge is 2.30. The van der Waals surface area contributed by atoms with Crippen LogP contribution in [-0.4, -0.2) is 40.9 Å². The Morgan fingerprint density at radius 1 is 1.32 bits per heavy atom. The summed E-state index contributed by atoms with van der Waals surface area (Å²) in [6, 6.07) is 4.77. The fourth-order valence-corrected chi connectivity index (χ4v) is 1.96. The van der Waals surface area contributed by atoms with Gasteiger partial charge in [-0.25, -0.2) is 4.98 Å². The van der Waals surface area contributed by atoms with Crippen LogP contribution in [0.25, 0.3) is 0 Å². The van der Waals surface area contributed by atoms with Crippen molar-refractivity contribution in [1.29, 1.82) is 0 Å². The van der Waals surface area contributed by atoms with E-state index in [0.29, 0.717) is 19.0 Å². The SMILES string of the molecule is CN=C(NCCOc1cccc(C(F)(F)F)c1)NCc1ncnn1C. The molecule has 0 aliphatic heterocycles. The summed E-state index contributed by atoms with van der Waals surface area (Å²) in [6.07, 6.45) is -2.93. The third-order valence-electron chi connectivity index (χ3n) is 3.27. The third-order valence-corrected chi connectivity index (χ3v) is 3.27. The normalized spacial score (nSPS) is 12.1. The molecule has 0 aliphatic rings. The van der Waals surface area contributed by atoms with Gasteiger partial charge in [-0.15, -0.1) is 0 Å². The standard InChI is InChI=1S/C15H19F3N6O/c1-19-14(21-9-13-22-10-23-24(13)2)20-6-7-25-12-5-3-4-11(8-12)15(16,17)18/h3-5,8,10H,6-7,9H2,1-2H3,(H2,19,20,21). The smallest absolute Gasteiger partial charge is 0.416 e. The molecule has 0 spiro atoms. The molecule has 136 valence electrons. The van der Waals surface area contributed by atoms with E-state index >= 15 is 0 Å². The van der Waals surface area contributed by atoms with E-state index < -0.39 is 11.7 Å². The van der Waals surface area contributed by atoms with Gasteiger partial charge in [-0.05, 0) is 18.2 Å². The molecule has 0 bridgehead atoms. The van der Waals surface area contributed by atoms with Crippen molar-refractivity contribution in [2.24, 2.45) is 12.0 Å².